The predicted octanol–water partition coefficient (Wildman–Crippen LogP) is 1.89. The van der Waals surface area contributed by atoms with Gasteiger partial charge in [0.1, 0.15) is 0 Å². The highest BCUT2D eigenvalue weighted by Crippen LogP contribution is 2.32. The number of nitrogens with one attached hydrogen (secondary N) is 1. The zero-order valence-corrected chi connectivity index (χ0v) is 12.7. The summed E-state index contributed by atoms with van der Waals surface area (Å²) in [4.78, 5) is 18.7. The van der Waals surface area contributed by atoms with Gasteiger partial charge in [0.05, 0.1) is 17.0 Å². The second kappa shape index (κ2) is 6.74. The minimum atomic E-state index is -0.449. The second-order valence-electron chi connectivity index (χ2n) is 5.69. The summed E-state index contributed by atoms with van der Waals surface area (Å²) in [6.07, 6.45) is 4.60. The van der Waals surface area contributed by atoms with Gasteiger partial charge in [0.15, 0.2) is 5.75 Å². The summed E-state index contributed by atoms with van der Waals surface area (Å²) in [5, 5.41) is 15.1. The number of hydrogen-bond donors (Lipinski definition) is 2. The number of nitrogen functional groups attached to an aromatic ring is 1. The molecule has 0 spiro atoms. The number of aromatic nitrogens is 2. The Morgan fingerprint density at radius 3 is 2.91 bits per heavy atom. The maximum Gasteiger partial charge on any atom is 0.311 e. The fraction of sp³-hybridized carbons (Fsp3) is 0.467. The van der Waals surface area contributed by atoms with Crippen LogP contribution in [-0.4, -0.2) is 34.6 Å². The van der Waals surface area contributed by atoms with Gasteiger partial charge in [0, 0.05) is 23.7 Å². The summed E-state index contributed by atoms with van der Waals surface area (Å²) in [5.74, 6) is 0.968. The molecule has 23 heavy (non-hydrogen) atoms. The fourth-order valence-corrected chi connectivity index (χ4v) is 2.83. The maximum absolute atomic E-state index is 11.2. The van der Waals surface area contributed by atoms with Crippen LogP contribution in [0.2, 0.25) is 0 Å². The van der Waals surface area contributed by atoms with Gasteiger partial charge in [-0.3, -0.25) is 10.1 Å². The Kier molecular flexibility index (Phi) is 4.52. The highest BCUT2D eigenvalue weighted by molar-refractivity contribution is 5.83. The van der Waals surface area contributed by atoms with Crippen LogP contribution in [0.15, 0.2) is 18.3 Å². The van der Waals surface area contributed by atoms with E-state index in [9.17, 15) is 10.1 Å². The van der Waals surface area contributed by atoms with Crippen LogP contribution in [-0.2, 0) is 0 Å². The molecule has 0 saturated carbocycles. The molecule has 2 heterocycles. The molecule has 1 aromatic carbocycles. The number of benzene rings is 1. The smallest absolute Gasteiger partial charge is 0.311 e. The number of nitrogens with two attached hydrogens (primary N) is 1. The van der Waals surface area contributed by atoms with E-state index in [1.54, 1.807) is 6.07 Å². The molecule has 1 aliphatic heterocycles. The number of anilines is 1. The van der Waals surface area contributed by atoms with Crippen molar-refractivity contribution in [1.29, 1.82) is 0 Å². The summed E-state index contributed by atoms with van der Waals surface area (Å²) in [6, 6.07) is 2.99. The molecule has 0 aliphatic carbocycles. The van der Waals surface area contributed by atoms with Crippen LogP contribution < -0.4 is 15.8 Å². The third-order valence-electron chi connectivity index (χ3n) is 4.12. The Hall–Kier alpha value is -2.48. The van der Waals surface area contributed by atoms with Crippen molar-refractivity contribution in [2.75, 3.05) is 25.4 Å². The first-order chi connectivity index (χ1) is 11.1. The van der Waals surface area contributed by atoms with Crippen LogP contribution in [0, 0.1) is 16.0 Å². The third kappa shape index (κ3) is 3.65. The summed E-state index contributed by atoms with van der Waals surface area (Å²) < 4.78 is 5.69. The van der Waals surface area contributed by atoms with E-state index < -0.39 is 4.92 Å². The number of nitro groups is 1. The van der Waals surface area contributed by atoms with Crippen LogP contribution in [0.5, 0.6) is 5.75 Å². The average Bonchev–Trinajstić information content (AvgIpc) is 2.55. The molecule has 0 amide bonds. The third-order valence-corrected chi connectivity index (χ3v) is 4.12. The van der Waals surface area contributed by atoms with Gasteiger partial charge >= 0.3 is 5.69 Å². The minimum Gasteiger partial charge on any atom is -0.487 e. The van der Waals surface area contributed by atoms with E-state index in [0.717, 1.165) is 32.4 Å². The Balaban J connectivity index is 1.77. The quantitative estimate of drug-likeness (QED) is 0.639. The predicted molar refractivity (Wildman–Crippen MR) is 86.3 cm³/mol. The average molecular weight is 317 g/mol. The lowest BCUT2D eigenvalue weighted by molar-refractivity contribution is -0.385. The van der Waals surface area contributed by atoms with Crippen molar-refractivity contribution in [3.05, 3.63) is 28.4 Å². The molecular formula is C15H19N5O3. The Labute approximate surface area is 133 Å². The number of piperidine rings is 1. The molecule has 1 saturated heterocycles. The molecule has 1 aliphatic rings. The van der Waals surface area contributed by atoms with Crippen molar-refractivity contribution in [2.24, 2.45) is 5.92 Å². The first kappa shape index (κ1) is 15.4. The Morgan fingerprint density at radius 2 is 2.17 bits per heavy atom. The number of nitro benzene ring substituents is 1. The van der Waals surface area contributed by atoms with Crippen molar-refractivity contribution in [1.82, 2.24) is 15.3 Å². The molecule has 8 nitrogen and oxygen atoms in total. The fourth-order valence-electron chi connectivity index (χ4n) is 2.83. The Morgan fingerprint density at radius 1 is 1.39 bits per heavy atom. The van der Waals surface area contributed by atoms with Gasteiger partial charge in [0.25, 0.3) is 0 Å². The van der Waals surface area contributed by atoms with Gasteiger partial charge in [0.2, 0.25) is 5.95 Å². The lowest BCUT2D eigenvalue weighted by atomic mass is 9.95. The highest BCUT2D eigenvalue weighted by atomic mass is 16.6. The lowest BCUT2D eigenvalue weighted by Gasteiger charge is -2.22. The lowest BCUT2D eigenvalue weighted by Crippen LogP contribution is -2.28. The van der Waals surface area contributed by atoms with Crippen LogP contribution in [0.1, 0.15) is 19.3 Å². The number of nitrogens with zero attached hydrogens (tertiary/aromatic N) is 3. The second-order valence-corrected chi connectivity index (χ2v) is 5.69. The molecule has 1 aromatic heterocycles. The summed E-state index contributed by atoms with van der Waals surface area (Å²) >= 11 is 0. The monoisotopic (exact) mass is 317 g/mol. The van der Waals surface area contributed by atoms with Crippen molar-refractivity contribution >= 4 is 22.5 Å². The molecule has 8 heteroatoms. The zero-order valence-electron chi connectivity index (χ0n) is 12.7. The number of fused-ring (bicyclic) bond motifs is 1. The van der Waals surface area contributed by atoms with E-state index in [0.29, 0.717) is 23.4 Å². The van der Waals surface area contributed by atoms with Gasteiger partial charge in [-0.05, 0) is 38.3 Å². The largest absolute Gasteiger partial charge is 0.487 e. The molecule has 0 unspecified atom stereocenters. The topological polar surface area (TPSA) is 116 Å². The van der Waals surface area contributed by atoms with Gasteiger partial charge in [-0.25, -0.2) is 9.97 Å². The molecule has 3 rings (SSSR count). The first-order valence-corrected chi connectivity index (χ1v) is 7.67. The van der Waals surface area contributed by atoms with E-state index in [4.69, 9.17) is 10.5 Å². The van der Waals surface area contributed by atoms with Crippen LogP contribution >= 0.6 is 0 Å². The normalized spacial score (nSPS) is 15.7. The molecule has 0 atom stereocenters. The molecular weight excluding hydrogens is 298 g/mol. The minimum absolute atomic E-state index is 0.0730. The van der Waals surface area contributed by atoms with Gasteiger partial charge in [-0.15, -0.1) is 0 Å². The Bertz CT molecular complexity index is 716. The number of hydrogen-bond acceptors (Lipinski definition) is 7. The van der Waals surface area contributed by atoms with Crippen molar-refractivity contribution in [3.8, 4) is 5.75 Å². The van der Waals surface area contributed by atoms with Gasteiger partial charge in [-0.2, -0.15) is 0 Å². The molecule has 0 radical (unpaired) electrons. The maximum atomic E-state index is 11.2. The summed E-state index contributed by atoms with van der Waals surface area (Å²) in [6.45, 7) is 2.51. The van der Waals surface area contributed by atoms with Crippen LogP contribution in [0.4, 0.5) is 11.6 Å². The molecule has 122 valence electrons. The van der Waals surface area contributed by atoms with Crippen molar-refractivity contribution in [3.63, 3.8) is 0 Å². The highest BCUT2D eigenvalue weighted by Gasteiger charge is 2.19. The van der Waals surface area contributed by atoms with E-state index in [1.807, 2.05) is 0 Å². The number of ether oxygens (including phenoxy) is 1. The van der Waals surface area contributed by atoms with Crippen molar-refractivity contribution < 1.29 is 9.66 Å². The van der Waals surface area contributed by atoms with Crippen LogP contribution in [0.3, 0.4) is 0 Å². The summed E-state index contributed by atoms with van der Waals surface area (Å²) in [5.41, 5.74) is 6.04. The molecule has 2 aromatic rings. The zero-order chi connectivity index (χ0) is 16.2. The molecule has 0 bridgehead atoms. The number of rotatable bonds is 5. The molecule has 1 fully saturated rings. The van der Waals surface area contributed by atoms with Gasteiger partial charge in [-0.1, -0.05) is 0 Å². The van der Waals surface area contributed by atoms with E-state index in [-0.39, 0.29) is 17.4 Å². The summed E-state index contributed by atoms with van der Waals surface area (Å²) in [7, 11) is 0. The standard InChI is InChI=1S/C15H19N5O3/c16-15-18-9-11-7-13(20(21)22)14(8-12(11)19-15)23-6-3-10-1-4-17-5-2-10/h7-10,17H,1-6H2,(H2,16,18,19). The SMILES string of the molecule is Nc1ncc2cc([N+](=O)[O-])c(OCCC3CCNCC3)cc2n1. The first-order valence-electron chi connectivity index (χ1n) is 7.67. The van der Waals surface area contributed by atoms with E-state index in [1.165, 1.54) is 12.3 Å². The van der Waals surface area contributed by atoms with Gasteiger partial charge < -0.3 is 15.8 Å². The molecule has 3 N–H and O–H groups in total. The van der Waals surface area contributed by atoms with Crippen LogP contribution in [0.25, 0.3) is 10.9 Å². The van der Waals surface area contributed by atoms with E-state index in [2.05, 4.69) is 15.3 Å². The van der Waals surface area contributed by atoms with E-state index >= 15 is 0 Å². The van der Waals surface area contributed by atoms with Crippen molar-refractivity contribution in [2.45, 2.75) is 19.3 Å².